The molecule has 0 aliphatic carbocycles. The van der Waals surface area contributed by atoms with Crippen LogP contribution in [-0.4, -0.2) is 72.6 Å². The zero-order valence-corrected chi connectivity index (χ0v) is 20.1. The third-order valence-electron chi connectivity index (χ3n) is 6.14. The number of rotatable bonds is 3. The van der Waals surface area contributed by atoms with E-state index in [1.807, 2.05) is 37.4 Å². The van der Waals surface area contributed by atoms with E-state index < -0.39 is 22.2 Å². The Morgan fingerprint density at radius 1 is 1.14 bits per heavy atom. The van der Waals surface area contributed by atoms with Crippen molar-refractivity contribution >= 4 is 16.0 Å². The molecule has 4 rings (SSSR count). The predicted octanol–water partition coefficient (Wildman–Crippen LogP) is 3.40. The molecule has 2 aliphatic rings. The first-order valence-electron chi connectivity index (χ1n) is 11.1. The third-order valence-corrected chi connectivity index (χ3v) is 8.10. The van der Waals surface area contributed by atoms with Gasteiger partial charge in [-0.05, 0) is 50.2 Å². The minimum atomic E-state index is -5.08. The topological polar surface area (TPSA) is 100 Å². The number of piperidine rings is 1. The monoisotopic (exact) mass is 515 g/mol. The standard InChI is InChI=1S/C21H27N3O3S.C2HF3O2/c1-2-24-16-21(17-27-19-8-3-4-9-20(19)28(24,25)26)10-13-23(14-11-21)15-18-7-5-6-12-22-18;3-2(4,5)1(6)7/h3-9,12H,2,10-11,13-17H2,1H3;(H,6,7). The summed E-state index contributed by atoms with van der Waals surface area (Å²) >= 11 is 0. The molecule has 0 radical (unpaired) electrons. The van der Waals surface area contributed by atoms with Crippen molar-refractivity contribution in [1.29, 1.82) is 0 Å². The zero-order chi connectivity index (χ0) is 25.7. The van der Waals surface area contributed by atoms with Gasteiger partial charge in [0.25, 0.3) is 0 Å². The Kier molecular flexibility index (Phi) is 8.39. The number of fused-ring (bicyclic) bond motifs is 1. The van der Waals surface area contributed by atoms with Gasteiger partial charge in [-0.3, -0.25) is 9.88 Å². The van der Waals surface area contributed by atoms with Crippen LogP contribution in [0.5, 0.6) is 5.75 Å². The van der Waals surface area contributed by atoms with E-state index in [0.29, 0.717) is 25.4 Å². The molecule has 1 aromatic heterocycles. The van der Waals surface area contributed by atoms with Crippen molar-refractivity contribution in [3.8, 4) is 5.75 Å². The van der Waals surface area contributed by atoms with Crippen molar-refractivity contribution in [3.05, 3.63) is 54.4 Å². The molecule has 1 N–H and O–H groups in total. The summed E-state index contributed by atoms with van der Waals surface area (Å²) in [5, 5.41) is 7.12. The Labute approximate surface area is 202 Å². The van der Waals surface area contributed by atoms with Crippen LogP contribution >= 0.6 is 0 Å². The molecule has 192 valence electrons. The van der Waals surface area contributed by atoms with Gasteiger partial charge in [-0.15, -0.1) is 0 Å². The van der Waals surface area contributed by atoms with Gasteiger partial charge in [0.1, 0.15) is 10.6 Å². The number of nitrogens with zero attached hydrogens (tertiary/aromatic N) is 3. The number of aromatic nitrogens is 1. The highest BCUT2D eigenvalue weighted by Gasteiger charge is 2.42. The summed E-state index contributed by atoms with van der Waals surface area (Å²) in [7, 11) is -3.55. The number of pyridine rings is 1. The second-order valence-electron chi connectivity index (χ2n) is 8.57. The molecule has 1 spiro atoms. The van der Waals surface area contributed by atoms with Crippen LogP contribution in [-0.2, 0) is 21.4 Å². The number of carboxylic acid groups (broad SMARTS) is 1. The number of benzene rings is 1. The van der Waals surface area contributed by atoms with Gasteiger partial charge in [0.15, 0.2) is 0 Å². The molecule has 1 aromatic carbocycles. The highest BCUT2D eigenvalue weighted by molar-refractivity contribution is 7.89. The summed E-state index contributed by atoms with van der Waals surface area (Å²) < 4.78 is 65.8. The van der Waals surface area contributed by atoms with Crippen LogP contribution in [0.4, 0.5) is 13.2 Å². The fraction of sp³-hybridized carbons (Fsp3) is 0.478. The molecule has 2 aromatic rings. The Balaban J connectivity index is 0.000000429. The van der Waals surface area contributed by atoms with E-state index in [2.05, 4.69) is 9.88 Å². The van der Waals surface area contributed by atoms with Crippen LogP contribution in [0, 0.1) is 5.41 Å². The van der Waals surface area contributed by atoms with Crippen LogP contribution in [0.25, 0.3) is 0 Å². The number of para-hydroxylation sites is 1. The molecule has 12 heteroatoms. The lowest BCUT2D eigenvalue weighted by Gasteiger charge is -2.44. The van der Waals surface area contributed by atoms with Crippen LogP contribution in [0.15, 0.2) is 53.6 Å². The highest BCUT2D eigenvalue weighted by atomic mass is 32.2. The number of aliphatic carboxylic acids is 1. The van der Waals surface area contributed by atoms with Crippen molar-refractivity contribution in [2.45, 2.75) is 37.4 Å². The van der Waals surface area contributed by atoms with Crippen molar-refractivity contribution in [2.24, 2.45) is 5.41 Å². The molecule has 0 unspecified atom stereocenters. The van der Waals surface area contributed by atoms with E-state index >= 15 is 0 Å². The van der Waals surface area contributed by atoms with Gasteiger partial charge < -0.3 is 9.84 Å². The SMILES string of the molecule is CCN1CC2(CCN(Cc3ccccn3)CC2)COc2ccccc2S1(=O)=O.O=C(O)C(F)(F)F. The van der Waals surface area contributed by atoms with Gasteiger partial charge in [0.05, 0.1) is 12.3 Å². The lowest BCUT2D eigenvalue weighted by atomic mass is 9.78. The number of ether oxygens (including phenoxy) is 1. The number of carbonyl (C=O) groups is 1. The molecule has 0 atom stereocenters. The van der Waals surface area contributed by atoms with Crippen molar-refractivity contribution in [3.63, 3.8) is 0 Å². The van der Waals surface area contributed by atoms with Crippen LogP contribution in [0.2, 0.25) is 0 Å². The van der Waals surface area contributed by atoms with Crippen molar-refractivity contribution < 1.29 is 36.2 Å². The lowest BCUT2D eigenvalue weighted by molar-refractivity contribution is -0.192. The summed E-state index contributed by atoms with van der Waals surface area (Å²) in [5.41, 5.74) is 0.913. The molecular weight excluding hydrogens is 487 g/mol. The molecular formula is C23H28F3N3O5S. The molecule has 0 bridgehead atoms. The first-order chi connectivity index (χ1) is 16.5. The Bertz CT molecular complexity index is 1100. The predicted molar refractivity (Wildman–Crippen MR) is 121 cm³/mol. The smallest absolute Gasteiger partial charge is 0.490 e. The number of hydrogen-bond donors (Lipinski definition) is 1. The maximum atomic E-state index is 13.2. The highest BCUT2D eigenvalue weighted by Crippen LogP contribution is 2.39. The number of sulfonamides is 1. The number of likely N-dealkylation sites (tertiary alicyclic amines) is 1. The van der Waals surface area contributed by atoms with Gasteiger partial charge in [0, 0.05) is 31.2 Å². The molecule has 2 aliphatic heterocycles. The van der Waals surface area contributed by atoms with E-state index in [4.69, 9.17) is 14.6 Å². The summed E-state index contributed by atoms with van der Waals surface area (Å²) in [5.74, 6) is -2.29. The minimum Gasteiger partial charge on any atom is -0.492 e. The lowest BCUT2D eigenvalue weighted by Crippen LogP contribution is -2.51. The molecule has 1 saturated heterocycles. The van der Waals surface area contributed by atoms with Gasteiger partial charge in [-0.2, -0.15) is 17.5 Å². The molecule has 0 amide bonds. The van der Waals surface area contributed by atoms with Crippen LogP contribution in [0.1, 0.15) is 25.5 Å². The van der Waals surface area contributed by atoms with E-state index in [1.54, 1.807) is 22.5 Å². The largest absolute Gasteiger partial charge is 0.492 e. The summed E-state index contributed by atoms with van der Waals surface area (Å²) in [4.78, 5) is 16.0. The van der Waals surface area contributed by atoms with Gasteiger partial charge in [-0.1, -0.05) is 25.1 Å². The second-order valence-corrected chi connectivity index (χ2v) is 10.5. The van der Waals surface area contributed by atoms with E-state index in [1.165, 1.54) is 0 Å². The number of halogens is 3. The summed E-state index contributed by atoms with van der Waals surface area (Å²) in [6.07, 6.45) is -1.44. The molecule has 1 fully saturated rings. The maximum Gasteiger partial charge on any atom is 0.490 e. The Morgan fingerprint density at radius 3 is 2.34 bits per heavy atom. The van der Waals surface area contributed by atoms with Crippen LogP contribution in [0.3, 0.4) is 0 Å². The van der Waals surface area contributed by atoms with E-state index in [9.17, 15) is 21.6 Å². The first-order valence-corrected chi connectivity index (χ1v) is 12.6. The Morgan fingerprint density at radius 2 is 1.77 bits per heavy atom. The summed E-state index contributed by atoms with van der Waals surface area (Å²) in [6.45, 7) is 6.10. The van der Waals surface area contributed by atoms with Gasteiger partial charge in [-0.25, -0.2) is 13.2 Å². The molecule has 3 heterocycles. The van der Waals surface area contributed by atoms with Crippen molar-refractivity contribution in [1.82, 2.24) is 14.2 Å². The van der Waals surface area contributed by atoms with E-state index in [0.717, 1.165) is 38.2 Å². The average molecular weight is 516 g/mol. The summed E-state index contributed by atoms with van der Waals surface area (Å²) in [6, 6.07) is 13.0. The number of carboxylic acids is 1. The van der Waals surface area contributed by atoms with Crippen molar-refractivity contribution in [2.75, 3.05) is 32.8 Å². The number of alkyl halides is 3. The maximum absolute atomic E-state index is 13.2. The van der Waals surface area contributed by atoms with Gasteiger partial charge in [0.2, 0.25) is 10.0 Å². The number of hydrogen-bond acceptors (Lipinski definition) is 6. The first kappa shape index (κ1) is 26.9. The average Bonchev–Trinajstić information content (AvgIpc) is 2.82. The molecule has 8 nitrogen and oxygen atoms in total. The molecule has 35 heavy (non-hydrogen) atoms. The fourth-order valence-electron chi connectivity index (χ4n) is 4.15. The minimum absolute atomic E-state index is 0.156. The van der Waals surface area contributed by atoms with Crippen LogP contribution < -0.4 is 4.74 Å². The fourth-order valence-corrected chi connectivity index (χ4v) is 5.84. The second kappa shape index (κ2) is 10.9. The van der Waals surface area contributed by atoms with Gasteiger partial charge >= 0.3 is 12.1 Å². The van der Waals surface area contributed by atoms with E-state index in [-0.39, 0.29) is 10.3 Å². The third kappa shape index (κ3) is 6.71. The normalized spacial score (nSPS) is 19.9. The zero-order valence-electron chi connectivity index (χ0n) is 19.2. The Hall–Kier alpha value is -2.70. The molecule has 0 saturated carbocycles. The quantitative estimate of drug-likeness (QED) is 0.669.